The predicted molar refractivity (Wildman–Crippen MR) is 57.8 cm³/mol. The van der Waals surface area contributed by atoms with Gasteiger partial charge in [-0.1, -0.05) is 0 Å². The lowest BCUT2D eigenvalue weighted by Gasteiger charge is -2.08. The molecule has 0 aromatic heterocycles. The Kier molecular flexibility index (Phi) is 6.93. The Morgan fingerprint density at radius 1 is 1.47 bits per heavy atom. The number of carbonyl (C=O) groups is 2. The highest BCUT2D eigenvalue weighted by molar-refractivity contribution is 7.50. The molecule has 0 rings (SSSR count). The Bertz CT molecular complexity index is 317. The topological polar surface area (TPSA) is 165 Å². The van der Waals surface area contributed by atoms with Gasteiger partial charge < -0.3 is 21.1 Å². The summed E-state index contributed by atoms with van der Waals surface area (Å²) < 4.78 is 14.8. The molecule has 17 heavy (non-hydrogen) atoms. The minimum Gasteiger partial charge on any atom is -0.480 e. The smallest absolute Gasteiger partial charge is 0.400 e. The molecule has 0 radical (unpaired) electrons. The van der Waals surface area contributed by atoms with E-state index in [1.54, 1.807) is 0 Å². The lowest BCUT2D eigenvalue weighted by molar-refractivity contribution is -0.138. The summed E-state index contributed by atoms with van der Waals surface area (Å²) in [6, 6.07) is -1.08. The molecule has 7 N–H and O–H groups in total. The fourth-order valence-corrected chi connectivity index (χ4v) is 1.22. The van der Waals surface area contributed by atoms with Gasteiger partial charge in [0.05, 0.1) is 6.61 Å². The molecule has 10 heteroatoms. The quantitative estimate of drug-likeness (QED) is 0.259. The van der Waals surface area contributed by atoms with E-state index >= 15 is 0 Å². The molecule has 0 fully saturated rings. The molecule has 0 bridgehead atoms. The summed E-state index contributed by atoms with van der Waals surface area (Å²) in [6.45, 7) is -0.204. The van der Waals surface area contributed by atoms with E-state index in [1.165, 1.54) is 0 Å². The fourth-order valence-electron chi connectivity index (χ4n) is 0.865. The number of rotatable bonds is 8. The van der Waals surface area contributed by atoms with E-state index in [2.05, 4.69) is 15.3 Å². The van der Waals surface area contributed by atoms with Crippen LogP contribution in [0.2, 0.25) is 0 Å². The van der Waals surface area contributed by atoms with E-state index in [0.717, 1.165) is 0 Å². The number of hydrogen-bond acceptors (Lipinski definition) is 5. The van der Waals surface area contributed by atoms with Gasteiger partial charge in [-0.15, -0.1) is 0 Å². The minimum atomic E-state index is -4.02. The maximum absolute atomic E-state index is 11.1. The van der Waals surface area contributed by atoms with E-state index in [9.17, 15) is 14.2 Å². The van der Waals surface area contributed by atoms with Crippen LogP contribution >= 0.6 is 7.75 Å². The van der Waals surface area contributed by atoms with Crippen molar-refractivity contribution in [3.8, 4) is 0 Å². The Morgan fingerprint density at radius 2 is 2.06 bits per heavy atom. The van der Waals surface area contributed by atoms with E-state index in [1.807, 2.05) is 0 Å². The van der Waals surface area contributed by atoms with Crippen LogP contribution in [-0.4, -0.2) is 41.1 Å². The third kappa shape index (κ3) is 9.91. The second-order valence-corrected chi connectivity index (χ2v) is 4.62. The number of carboxylic acid groups (broad SMARTS) is 1. The average molecular weight is 269 g/mol. The van der Waals surface area contributed by atoms with Crippen LogP contribution in [0.1, 0.15) is 12.8 Å². The van der Waals surface area contributed by atoms with Crippen LogP contribution in [0.25, 0.3) is 0 Å². The van der Waals surface area contributed by atoms with E-state index in [4.69, 9.17) is 15.7 Å². The molecule has 2 unspecified atom stereocenters. The lowest BCUT2D eigenvalue weighted by Crippen LogP contribution is -2.33. The molecule has 0 aliphatic carbocycles. The van der Waals surface area contributed by atoms with Crippen molar-refractivity contribution in [3.05, 3.63) is 0 Å². The molecular formula is C7H16N3O6P. The van der Waals surface area contributed by atoms with Crippen molar-refractivity contribution in [1.82, 2.24) is 5.32 Å². The number of nitrogens with two attached hydrogens (primary N) is 2. The molecule has 100 valence electrons. The average Bonchev–Trinajstić information content (AvgIpc) is 2.19. The molecule has 0 aliphatic heterocycles. The van der Waals surface area contributed by atoms with Gasteiger partial charge in [0.1, 0.15) is 6.04 Å². The van der Waals surface area contributed by atoms with E-state index in [-0.39, 0.29) is 26.0 Å². The molecule has 2 atom stereocenters. The second kappa shape index (κ2) is 7.36. The summed E-state index contributed by atoms with van der Waals surface area (Å²) in [7, 11) is -4.02. The monoisotopic (exact) mass is 269 g/mol. The molecule has 0 saturated heterocycles. The van der Waals surface area contributed by atoms with E-state index < -0.39 is 25.7 Å². The van der Waals surface area contributed by atoms with Crippen molar-refractivity contribution in [3.63, 3.8) is 0 Å². The van der Waals surface area contributed by atoms with Crippen LogP contribution in [0, 0.1) is 0 Å². The van der Waals surface area contributed by atoms with Gasteiger partial charge in [-0.05, 0) is 6.42 Å². The van der Waals surface area contributed by atoms with Gasteiger partial charge in [-0.25, -0.2) is 10.1 Å². The zero-order chi connectivity index (χ0) is 13.5. The zero-order valence-electron chi connectivity index (χ0n) is 9.04. The zero-order valence-corrected chi connectivity index (χ0v) is 9.93. The first-order valence-corrected chi connectivity index (χ1v) is 6.38. The van der Waals surface area contributed by atoms with Crippen LogP contribution in [0.4, 0.5) is 0 Å². The lowest BCUT2D eigenvalue weighted by atomic mass is 10.1. The largest absolute Gasteiger partial charge is 0.480 e. The molecule has 9 nitrogen and oxygen atoms in total. The van der Waals surface area contributed by atoms with Crippen molar-refractivity contribution < 1.29 is 28.7 Å². The normalized spacial score (nSPS) is 15.9. The highest BCUT2D eigenvalue weighted by Gasteiger charge is 2.14. The summed E-state index contributed by atoms with van der Waals surface area (Å²) in [5, 5.41) is 10.8. The molecule has 1 amide bonds. The number of amides is 1. The molecule has 0 saturated carbocycles. The first kappa shape index (κ1) is 16.0. The van der Waals surface area contributed by atoms with Gasteiger partial charge in [0.2, 0.25) is 5.91 Å². The van der Waals surface area contributed by atoms with Crippen LogP contribution in [0.3, 0.4) is 0 Å². The van der Waals surface area contributed by atoms with Gasteiger partial charge >= 0.3 is 13.7 Å². The SMILES string of the molecule is NC(CCC(=O)NCCOP(N)(=O)O)C(=O)O. The Hall–Kier alpha value is -0.990. The summed E-state index contributed by atoms with van der Waals surface area (Å²) in [4.78, 5) is 30.0. The van der Waals surface area contributed by atoms with Gasteiger partial charge in [-0.3, -0.25) is 14.1 Å². The highest BCUT2D eigenvalue weighted by atomic mass is 31.2. The number of aliphatic carboxylic acids is 1. The van der Waals surface area contributed by atoms with Gasteiger partial charge in [0, 0.05) is 13.0 Å². The molecule has 0 aromatic rings. The maximum Gasteiger partial charge on any atom is 0.400 e. The molecule has 0 aliphatic rings. The summed E-state index contributed by atoms with van der Waals surface area (Å²) in [5.41, 5.74) is 9.86. The van der Waals surface area contributed by atoms with Gasteiger partial charge in [0.25, 0.3) is 0 Å². The molecule has 0 spiro atoms. The van der Waals surface area contributed by atoms with Crippen molar-refractivity contribution >= 4 is 19.6 Å². The highest BCUT2D eigenvalue weighted by Crippen LogP contribution is 2.30. The van der Waals surface area contributed by atoms with Crippen LogP contribution in [-0.2, 0) is 18.7 Å². The van der Waals surface area contributed by atoms with Crippen molar-refractivity contribution in [2.24, 2.45) is 11.2 Å². The van der Waals surface area contributed by atoms with Gasteiger partial charge in [0.15, 0.2) is 0 Å². The second-order valence-electron chi connectivity index (χ2n) is 3.23. The number of hydrogen-bond donors (Lipinski definition) is 5. The van der Waals surface area contributed by atoms with Crippen molar-refractivity contribution in [2.45, 2.75) is 18.9 Å². The number of carbonyl (C=O) groups excluding carboxylic acids is 1. The Labute approximate surface area is 97.7 Å². The first-order chi connectivity index (χ1) is 7.72. The van der Waals surface area contributed by atoms with E-state index in [0.29, 0.717) is 0 Å². The summed E-state index contributed by atoms with van der Waals surface area (Å²) in [6.07, 6.45) is -0.0374. The van der Waals surface area contributed by atoms with Crippen LogP contribution < -0.4 is 16.6 Å². The Morgan fingerprint density at radius 3 is 2.53 bits per heavy atom. The predicted octanol–water partition coefficient (Wildman–Crippen LogP) is -1.63. The van der Waals surface area contributed by atoms with Crippen LogP contribution in [0.5, 0.6) is 0 Å². The first-order valence-electron chi connectivity index (χ1n) is 4.73. The third-order valence-corrected chi connectivity index (χ3v) is 2.25. The molecular weight excluding hydrogens is 253 g/mol. The van der Waals surface area contributed by atoms with Crippen molar-refractivity contribution in [2.75, 3.05) is 13.2 Å². The number of nitrogens with one attached hydrogen (secondary N) is 1. The summed E-state index contributed by atoms with van der Waals surface area (Å²) >= 11 is 0. The molecule has 0 aromatic carbocycles. The standard InChI is InChI=1S/C7H16N3O6P/c8-5(7(12)13)1-2-6(11)10-3-4-16-17(9,14)15/h5H,1-4,8H2,(H,10,11)(H,12,13)(H3,9,14,15). The van der Waals surface area contributed by atoms with Crippen LogP contribution in [0.15, 0.2) is 0 Å². The fraction of sp³-hybridized carbons (Fsp3) is 0.714. The molecule has 0 heterocycles. The van der Waals surface area contributed by atoms with Crippen molar-refractivity contribution in [1.29, 1.82) is 0 Å². The van der Waals surface area contributed by atoms with Gasteiger partial charge in [-0.2, -0.15) is 0 Å². The minimum absolute atomic E-state index is 0.00287. The Balaban J connectivity index is 3.61. The third-order valence-electron chi connectivity index (χ3n) is 1.70. The maximum atomic E-state index is 11.1. The number of carboxylic acids is 1. The summed E-state index contributed by atoms with van der Waals surface area (Å²) in [5.74, 6) is -1.60.